The lowest BCUT2D eigenvalue weighted by atomic mass is 10.0. The molecule has 3 heterocycles. The number of imidazole rings is 1. The normalized spacial score (nSPS) is 14.2. The van der Waals surface area contributed by atoms with Crippen molar-refractivity contribution in [3.8, 4) is 33.9 Å². The maximum absolute atomic E-state index is 12.5. The number of nitrogens with zero attached hydrogens (tertiary/aromatic N) is 3. The van der Waals surface area contributed by atoms with Crippen molar-refractivity contribution >= 4 is 5.91 Å². The van der Waals surface area contributed by atoms with Gasteiger partial charge in [-0.3, -0.25) is 9.69 Å². The van der Waals surface area contributed by atoms with Crippen molar-refractivity contribution in [2.45, 2.75) is 13.3 Å². The number of hydrogen-bond donors (Lipinski definition) is 2. The third kappa shape index (κ3) is 5.34. The van der Waals surface area contributed by atoms with Crippen LogP contribution in [-0.4, -0.2) is 65.3 Å². The topological polar surface area (TPSA) is 96.3 Å². The minimum Gasteiger partial charge on any atom is -0.379 e. The lowest BCUT2D eigenvalue weighted by molar-refractivity contribution is 0.0374. The Balaban J connectivity index is 1.22. The summed E-state index contributed by atoms with van der Waals surface area (Å²) in [6, 6.07) is 17.4. The number of H-pyrrole nitrogens is 1. The van der Waals surface area contributed by atoms with Crippen LogP contribution >= 0.6 is 0 Å². The number of carbonyl (C=O) groups is 1. The Kier molecular flexibility index (Phi) is 7.02. The maximum Gasteiger partial charge on any atom is 0.251 e. The van der Waals surface area contributed by atoms with Gasteiger partial charge in [0, 0.05) is 42.5 Å². The van der Waals surface area contributed by atoms with E-state index in [-0.39, 0.29) is 5.91 Å². The Hall–Kier alpha value is -3.75. The average Bonchev–Trinajstić information content (AvgIpc) is 3.54. The van der Waals surface area contributed by atoms with Gasteiger partial charge in [-0.05, 0) is 32.0 Å². The number of aromatic amines is 1. The number of benzene rings is 2. The largest absolute Gasteiger partial charge is 0.379 e. The Morgan fingerprint density at radius 2 is 1.83 bits per heavy atom. The minimum atomic E-state index is -0.0636. The summed E-state index contributed by atoms with van der Waals surface area (Å²) in [5.41, 5.74) is 4.90. The molecule has 0 radical (unpaired) electrons. The molecular weight excluding hydrogens is 442 g/mol. The summed E-state index contributed by atoms with van der Waals surface area (Å²) < 4.78 is 10.8. The highest BCUT2D eigenvalue weighted by Gasteiger charge is 2.19. The van der Waals surface area contributed by atoms with Crippen molar-refractivity contribution in [2.75, 3.05) is 39.4 Å². The molecule has 1 amide bonds. The number of aryl methyl sites for hydroxylation is 1. The Labute approximate surface area is 204 Å². The van der Waals surface area contributed by atoms with E-state index in [1.165, 1.54) is 0 Å². The third-order valence-electron chi connectivity index (χ3n) is 6.20. The van der Waals surface area contributed by atoms with E-state index in [4.69, 9.17) is 14.2 Å². The van der Waals surface area contributed by atoms with Crippen LogP contribution in [0.4, 0.5) is 0 Å². The van der Waals surface area contributed by atoms with E-state index in [1.54, 1.807) is 0 Å². The van der Waals surface area contributed by atoms with Crippen LogP contribution in [-0.2, 0) is 4.74 Å². The molecule has 0 bridgehead atoms. The molecule has 2 aromatic carbocycles. The minimum absolute atomic E-state index is 0.0636. The molecule has 1 aliphatic rings. The van der Waals surface area contributed by atoms with Gasteiger partial charge >= 0.3 is 0 Å². The second-order valence-corrected chi connectivity index (χ2v) is 8.60. The summed E-state index contributed by atoms with van der Waals surface area (Å²) in [6.45, 7) is 7.04. The van der Waals surface area contributed by atoms with Gasteiger partial charge in [0.2, 0.25) is 0 Å². The number of amides is 1. The SMILES string of the molecule is Cc1onc(-c2ccccc2)c1-c1c[nH]c(-c2ccc(C(=O)NCCCN3CCOCC3)cc2)n1. The predicted octanol–water partition coefficient (Wildman–Crippen LogP) is 4.16. The van der Waals surface area contributed by atoms with E-state index >= 15 is 0 Å². The molecule has 8 heteroatoms. The number of ether oxygens (including phenoxy) is 1. The molecular formula is C27H29N5O3. The fourth-order valence-corrected chi connectivity index (χ4v) is 4.28. The van der Waals surface area contributed by atoms with E-state index < -0.39 is 0 Å². The van der Waals surface area contributed by atoms with Gasteiger partial charge in [-0.2, -0.15) is 0 Å². The zero-order valence-corrected chi connectivity index (χ0v) is 19.8. The molecule has 0 spiro atoms. The first-order valence-corrected chi connectivity index (χ1v) is 12.0. The molecule has 35 heavy (non-hydrogen) atoms. The lowest BCUT2D eigenvalue weighted by Gasteiger charge is -2.26. The number of hydrogen-bond acceptors (Lipinski definition) is 6. The molecule has 0 saturated carbocycles. The van der Waals surface area contributed by atoms with Crippen LogP contribution in [0.15, 0.2) is 65.3 Å². The van der Waals surface area contributed by atoms with Gasteiger partial charge in [0.15, 0.2) is 0 Å². The predicted molar refractivity (Wildman–Crippen MR) is 134 cm³/mol. The van der Waals surface area contributed by atoms with E-state index in [9.17, 15) is 4.79 Å². The molecule has 180 valence electrons. The van der Waals surface area contributed by atoms with Gasteiger partial charge in [-0.1, -0.05) is 47.6 Å². The van der Waals surface area contributed by atoms with Crippen LogP contribution in [0, 0.1) is 6.92 Å². The molecule has 0 unspecified atom stereocenters. The number of nitrogens with one attached hydrogen (secondary N) is 2. The molecule has 1 aliphatic heterocycles. The van der Waals surface area contributed by atoms with Crippen LogP contribution < -0.4 is 5.32 Å². The molecule has 2 N–H and O–H groups in total. The molecule has 5 rings (SSSR count). The van der Waals surface area contributed by atoms with Crippen molar-refractivity contribution in [1.82, 2.24) is 25.3 Å². The lowest BCUT2D eigenvalue weighted by Crippen LogP contribution is -2.38. The van der Waals surface area contributed by atoms with Crippen LogP contribution in [0.1, 0.15) is 22.5 Å². The molecule has 0 aliphatic carbocycles. The first kappa shape index (κ1) is 23.0. The Morgan fingerprint density at radius 3 is 2.60 bits per heavy atom. The third-order valence-corrected chi connectivity index (χ3v) is 6.20. The highest BCUT2D eigenvalue weighted by Crippen LogP contribution is 2.34. The average molecular weight is 472 g/mol. The second-order valence-electron chi connectivity index (χ2n) is 8.60. The molecule has 2 aromatic heterocycles. The van der Waals surface area contributed by atoms with Gasteiger partial charge < -0.3 is 19.6 Å². The summed E-state index contributed by atoms with van der Waals surface area (Å²) in [6.07, 6.45) is 2.78. The molecule has 1 fully saturated rings. The van der Waals surface area contributed by atoms with E-state index in [2.05, 4.69) is 20.4 Å². The fraction of sp³-hybridized carbons (Fsp3) is 0.296. The number of rotatable bonds is 8. The maximum atomic E-state index is 12.5. The summed E-state index contributed by atoms with van der Waals surface area (Å²) in [4.78, 5) is 22.9. The summed E-state index contributed by atoms with van der Waals surface area (Å²) in [5, 5.41) is 7.26. The van der Waals surface area contributed by atoms with E-state index in [0.29, 0.717) is 17.9 Å². The van der Waals surface area contributed by atoms with Crippen LogP contribution in [0.3, 0.4) is 0 Å². The molecule has 0 atom stereocenters. The van der Waals surface area contributed by atoms with Crippen molar-refractivity contribution in [2.24, 2.45) is 0 Å². The van der Waals surface area contributed by atoms with Crippen molar-refractivity contribution in [3.63, 3.8) is 0 Å². The zero-order valence-electron chi connectivity index (χ0n) is 19.8. The van der Waals surface area contributed by atoms with Crippen LogP contribution in [0.2, 0.25) is 0 Å². The van der Waals surface area contributed by atoms with Gasteiger partial charge in [0.05, 0.1) is 24.5 Å². The van der Waals surface area contributed by atoms with Crippen LogP contribution in [0.5, 0.6) is 0 Å². The molecule has 8 nitrogen and oxygen atoms in total. The number of aromatic nitrogens is 3. The van der Waals surface area contributed by atoms with Gasteiger partial charge in [-0.15, -0.1) is 0 Å². The quantitative estimate of drug-likeness (QED) is 0.375. The van der Waals surface area contributed by atoms with Crippen molar-refractivity contribution < 1.29 is 14.1 Å². The summed E-state index contributed by atoms with van der Waals surface area (Å²) >= 11 is 0. The monoisotopic (exact) mass is 471 g/mol. The Bertz CT molecular complexity index is 1260. The highest BCUT2D eigenvalue weighted by molar-refractivity contribution is 5.94. The van der Waals surface area contributed by atoms with Gasteiger partial charge in [-0.25, -0.2) is 4.98 Å². The van der Waals surface area contributed by atoms with E-state index in [1.807, 2.05) is 67.7 Å². The van der Waals surface area contributed by atoms with Gasteiger partial charge in [0.25, 0.3) is 5.91 Å². The standard InChI is InChI=1S/C27H29N5O3/c1-19-24(25(31-35-19)20-6-3-2-4-7-20)23-18-29-26(30-23)21-8-10-22(11-9-21)27(33)28-12-5-13-32-14-16-34-17-15-32/h2-4,6-11,18H,5,12-17H2,1H3,(H,28,33)(H,29,30). The molecule has 4 aromatic rings. The fourth-order valence-electron chi connectivity index (χ4n) is 4.28. The zero-order chi connectivity index (χ0) is 24.0. The molecule has 1 saturated heterocycles. The first-order chi connectivity index (χ1) is 17.2. The van der Waals surface area contributed by atoms with E-state index in [0.717, 1.165) is 73.2 Å². The van der Waals surface area contributed by atoms with Crippen molar-refractivity contribution in [3.05, 3.63) is 72.1 Å². The number of morpholine rings is 1. The smallest absolute Gasteiger partial charge is 0.251 e. The van der Waals surface area contributed by atoms with Crippen LogP contribution in [0.25, 0.3) is 33.9 Å². The first-order valence-electron chi connectivity index (χ1n) is 12.0. The summed E-state index contributed by atoms with van der Waals surface area (Å²) in [5.74, 6) is 1.37. The summed E-state index contributed by atoms with van der Waals surface area (Å²) in [7, 11) is 0. The van der Waals surface area contributed by atoms with Gasteiger partial charge in [0.1, 0.15) is 17.3 Å². The number of carbonyl (C=O) groups excluding carboxylic acids is 1. The van der Waals surface area contributed by atoms with Crippen molar-refractivity contribution in [1.29, 1.82) is 0 Å². The Morgan fingerprint density at radius 1 is 1.06 bits per heavy atom. The second kappa shape index (κ2) is 10.7. The highest BCUT2D eigenvalue weighted by atomic mass is 16.5.